The van der Waals surface area contributed by atoms with Crippen molar-refractivity contribution in [3.8, 4) is 5.95 Å². The predicted molar refractivity (Wildman–Crippen MR) is 69.7 cm³/mol. The average Bonchev–Trinajstić information content (AvgIpc) is 3.13. The van der Waals surface area contributed by atoms with Gasteiger partial charge in [-0.25, -0.2) is 14.6 Å². The van der Waals surface area contributed by atoms with Crippen LogP contribution in [0.5, 0.6) is 0 Å². The van der Waals surface area contributed by atoms with E-state index < -0.39 is 0 Å². The molecule has 0 radical (unpaired) electrons. The fourth-order valence-corrected chi connectivity index (χ4v) is 2.32. The zero-order chi connectivity index (χ0) is 13.1. The maximum Gasteiger partial charge on any atom is 0.250 e. The molecule has 0 aliphatic heterocycles. The lowest BCUT2D eigenvalue weighted by Crippen LogP contribution is -2.20. The van der Waals surface area contributed by atoms with E-state index in [2.05, 4.69) is 20.4 Å². The first-order valence-corrected chi connectivity index (χ1v) is 6.46. The van der Waals surface area contributed by atoms with Crippen molar-refractivity contribution < 1.29 is 4.79 Å². The molecule has 1 aliphatic rings. The number of hydrogen-bond acceptors (Lipinski definition) is 4. The quantitative estimate of drug-likeness (QED) is 0.909. The molecule has 1 amide bonds. The Morgan fingerprint density at radius 2 is 2.00 bits per heavy atom. The summed E-state index contributed by atoms with van der Waals surface area (Å²) in [5, 5.41) is 6.91. The van der Waals surface area contributed by atoms with E-state index in [1.807, 2.05) is 0 Å². The van der Waals surface area contributed by atoms with Crippen molar-refractivity contribution in [3.63, 3.8) is 0 Å². The summed E-state index contributed by atoms with van der Waals surface area (Å²) in [5.74, 6) is 0.711. The summed E-state index contributed by atoms with van der Waals surface area (Å²) in [6.45, 7) is 0. The van der Waals surface area contributed by atoms with E-state index in [1.165, 1.54) is 0 Å². The van der Waals surface area contributed by atoms with Gasteiger partial charge in [-0.3, -0.25) is 4.79 Å². The molecule has 0 atom stereocenters. The molecule has 6 heteroatoms. The minimum atomic E-state index is 0.0768. The van der Waals surface area contributed by atoms with Crippen molar-refractivity contribution in [2.75, 3.05) is 5.32 Å². The third kappa shape index (κ3) is 2.62. The van der Waals surface area contributed by atoms with Gasteiger partial charge in [0.15, 0.2) is 0 Å². The van der Waals surface area contributed by atoms with Gasteiger partial charge in [-0.05, 0) is 18.9 Å². The second-order valence-electron chi connectivity index (χ2n) is 4.69. The molecule has 98 valence electrons. The van der Waals surface area contributed by atoms with E-state index >= 15 is 0 Å². The first-order valence-electron chi connectivity index (χ1n) is 6.46. The van der Waals surface area contributed by atoms with Crippen molar-refractivity contribution in [1.82, 2.24) is 19.7 Å². The number of amides is 1. The highest BCUT2D eigenvalue weighted by Crippen LogP contribution is 2.25. The first-order chi connectivity index (χ1) is 9.33. The fourth-order valence-electron chi connectivity index (χ4n) is 2.32. The summed E-state index contributed by atoms with van der Waals surface area (Å²) in [6.07, 6.45) is 10.9. The molecule has 2 aromatic heterocycles. The van der Waals surface area contributed by atoms with Gasteiger partial charge >= 0.3 is 0 Å². The molecular weight excluding hydrogens is 242 g/mol. The van der Waals surface area contributed by atoms with Crippen molar-refractivity contribution in [1.29, 1.82) is 0 Å². The van der Waals surface area contributed by atoms with Crippen LogP contribution in [0, 0.1) is 5.92 Å². The summed E-state index contributed by atoms with van der Waals surface area (Å²) < 4.78 is 1.57. The normalized spacial score (nSPS) is 15.6. The number of rotatable bonds is 3. The monoisotopic (exact) mass is 257 g/mol. The zero-order valence-electron chi connectivity index (χ0n) is 10.5. The Bertz CT molecular complexity index is 543. The van der Waals surface area contributed by atoms with Crippen molar-refractivity contribution in [2.24, 2.45) is 5.92 Å². The van der Waals surface area contributed by atoms with Crippen LogP contribution in [0.4, 0.5) is 5.69 Å². The van der Waals surface area contributed by atoms with Crippen LogP contribution in [-0.4, -0.2) is 25.7 Å². The van der Waals surface area contributed by atoms with Gasteiger partial charge in [0.2, 0.25) is 5.91 Å². The molecule has 0 saturated heterocycles. The lowest BCUT2D eigenvalue weighted by Gasteiger charge is -2.09. The van der Waals surface area contributed by atoms with Crippen LogP contribution < -0.4 is 5.32 Å². The number of anilines is 1. The Kier molecular flexibility index (Phi) is 3.22. The molecule has 1 fully saturated rings. The van der Waals surface area contributed by atoms with Gasteiger partial charge in [0.25, 0.3) is 5.95 Å². The maximum absolute atomic E-state index is 11.9. The Labute approximate surface area is 110 Å². The number of nitrogens with zero attached hydrogens (tertiary/aromatic N) is 4. The highest BCUT2D eigenvalue weighted by molar-refractivity contribution is 5.92. The summed E-state index contributed by atoms with van der Waals surface area (Å²) in [7, 11) is 0. The first kappa shape index (κ1) is 11.8. The van der Waals surface area contributed by atoms with Gasteiger partial charge in [0.1, 0.15) is 0 Å². The standard InChI is InChI=1S/C13H15N5O/c19-12(10-4-1-2-5-10)17-11-8-14-13(15-9-11)18-7-3-6-16-18/h3,6-10H,1-2,4-5H2,(H,17,19). The third-order valence-electron chi connectivity index (χ3n) is 3.34. The van der Waals surface area contributed by atoms with Crippen LogP contribution in [0.25, 0.3) is 5.95 Å². The smallest absolute Gasteiger partial charge is 0.250 e. The molecule has 0 bridgehead atoms. The van der Waals surface area contributed by atoms with Crippen LogP contribution in [-0.2, 0) is 4.79 Å². The molecule has 0 unspecified atom stereocenters. The molecule has 19 heavy (non-hydrogen) atoms. The van der Waals surface area contributed by atoms with Gasteiger partial charge in [-0.1, -0.05) is 12.8 Å². The lowest BCUT2D eigenvalue weighted by molar-refractivity contribution is -0.119. The third-order valence-corrected chi connectivity index (χ3v) is 3.34. The van der Waals surface area contributed by atoms with Crippen molar-refractivity contribution >= 4 is 11.6 Å². The molecule has 1 saturated carbocycles. The summed E-state index contributed by atoms with van der Waals surface area (Å²) in [4.78, 5) is 20.3. The molecular formula is C13H15N5O. The molecule has 3 rings (SSSR count). The second-order valence-corrected chi connectivity index (χ2v) is 4.69. The summed E-state index contributed by atoms with van der Waals surface area (Å²) >= 11 is 0. The maximum atomic E-state index is 11.9. The van der Waals surface area contributed by atoms with Crippen LogP contribution >= 0.6 is 0 Å². The Balaban J connectivity index is 1.67. The van der Waals surface area contributed by atoms with Gasteiger partial charge in [-0.15, -0.1) is 0 Å². The van der Waals surface area contributed by atoms with E-state index in [0.717, 1.165) is 25.7 Å². The summed E-state index contributed by atoms with van der Waals surface area (Å²) in [5.41, 5.74) is 0.632. The topological polar surface area (TPSA) is 72.7 Å². The van der Waals surface area contributed by atoms with Crippen molar-refractivity contribution in [2.45, 2.75) is 25.7 Å². The van der Waals surface area contributed by atoms with Crippen LogP contribution in [0.1, 0.15) is 25.7 Å². The Morgan fingerprint density at radius 3 is 2.63 bits per heavy atom. The number of aromatic nitrogens is 4. The highest BCUT2D eigenvalue weighted by atomic mass is 16.1. The van der Waals surface area contributed by atoms with E-state index in [9.17, 15) is 4.79 Å². The van der Waals surface area contributed by atoms with Crippen LogP contribution in [0.2, 0.25) is 0 Å². The largest absolute Gasteiger partial charge is 0.323 e. The summed E-state index contributed by atoms with van der Waals surface area (Å²) in [6, 6.07) is 1.80. The zero-order valence-corrected chi connectivity index (χ0v) is 10.5. The number of hydrogen-bond donors (Lipinski definition) is 1. The Morgan fingerprint density at radius 1 is 1.26 bits per heavy atom. The van der Waals surface area contributed by atoms with E-state index in [0.29, 0.717) is 11.6 Å². The molecule has 2 aromatic rings. The van der Waals surface area contributed by atoms with Gasteiger partial charge in [-0.2, -0.15) is 5.10 Å². The molecule has 1 N–H and O–H groups in total. The average molecular weight is 257 g/mol. The van der Waals surface area contributed by atoms with Crippen LogP contribution in [0.3, 0.4) is 0 Å². The Hall–Kier alpha value is -2.24. The highest BCUT2D eigenvalue weighted by Gasteiger charge is 2.22. The lowest BCUT2D eigenvalue weighted by atomic mass is 10.1. The van der Waals surface area contributed by atoms with E-state index in [-0.39, 0.29) is 11.8 Å². The van der Waals surface area contributed by atoms with E-state index in [4.69, 9.17) is 0 Å². The molecule has 1 aliphatic carbocycles. The number of nitrogens with one attached hydrogen (secondary N) is 1. The minimum Gasteiger partial charge on any atom is -0.323 e. The van der Waals surface area contributed by atoms with Crippen LogP contribution in [0.15, 0.2) is 30.9 Å². The second kappa shape index (κ2) is 5.17. The minimum absolute atomic E-state index is 0.0768. The number of carbonyl (C=O) groups excluding carboxylic acids is 1. The molecule has 0 aromatic carbocycles. The van der Waals surface area contributed by atoms with Gasteiger partial charge in [0, 0.05) is 18.3 Å². The van der Waals surface area contributed by atoms with Gasteiger partial charge < -0.3 is 5.32 Å². The fraction of sp³-hybridized carbons (Fsp3) is 0.385. The van der Waals surface area contributed by atoms with Gasteiger partial charge in [0.05, 0.1) is 18.1 Å². The molecule has 2 heterocycles. The van der Waals surface area contributed by atoms with Crippen molar-refractivity contribution in [3.05, 3.63) is 30.9 Å². The van der Waals surface area contributed by atoms with E-state index in [1.54, 1.807) is 35.5 Å². The molecule has 0 spiro atoms. The molecule has 6 nitrogen and oxygen atoms in total. The SMILES string of the molecule is O=C(Nc1cnc(-n2cccn2)nc1)C1CCCC1. The predicted octanol–water partition coefficient (Wildman–Crippen LogP) is 1.79. The number of carbonyl (C=O) groups is 1.